The topological polar surface area (TPSA) is 60.8 Å². The molecule has 0 amide bonds. The summed E-state index contributed by atoms with van der Waals surface area (Å²) in [5.41, 5.74) is 2.44. The zero-order valence-electron chi connectivity index (χ0n) is 10.6. The zero-order chi connectivity index (χ0) is 13.1. The lowest BCUT2D eigenvalue weighted by Gasteiger charge is -2.30. The Kier molecular flexibility index (Phi) is 3.99. The SMILES string of the molecule is CCC(O)CN1CCc2c(cccc2C(=O)O)C1. The van der Waals surface area contributed by atoms with Gasteiger partial charge in [0.05, 0.1) is 11.7 Å². The van der Waals surface area contributed by atoms with Crippen molar-refractivity contribution in [3.63, 3.8) is 0 Å². The standard InChI is InChI=1S/C14H19NO3/c1-2-11(16)9-15-7-6-12-10(8-15)4-3-5-13(12)14(17)18/h3-5,11,16H,2,6-9H2,1H3,(H,17,18). The second-order valence-corrected chi connectivity index (χ2v) is 4.80. The van der Waals surface area contributed by atoms with Crippen LogP contribution >= 0.6 is 0 Å². The van der Waals surface area contributed by atoms with Crippen LogP contribution in [0.25, 0.3) is 0 Å². The monoisotopic (exact) mass is 249 g/mol. The fraction of sp³-hybridized carbons (Fsp3) is 0.500. The maximum absolute atomic E-state index is 11.1. The van der Waals surface area contributed by atoms with Crippen LogP contribution in [0.2, 0.25) is 0 Å². The van der Waals surface area contributed by atoms with Crippen molar-refractivity contribution in [2.24, 2.45) is 0 Å². The van der Waals surface area contributed by atoms with Crippen molar-refractivity contribution in [2.45, 2.75) is 32.4 Å². The van der Waals surface area contributed by atoms with Crippen LogP contribution in [0.4, 0.5) is 0 Å². The summed E-state index contributed by atoms with van der Waals surface area (Å²) in [7, 11) is 0. The van der Waals surface area contributed by atoms with Crippen LogP contribution in [0.15, 0.2) is 18.2 Å². The van der Waals surface area contributed by atoms with Crippen molar-refractivity contribution in [1.82, 2.24) is 4.90 Å². The first-order valence-corrected chi connectivity index (χ1v) is 6.36. The molecule has 98 valence electrons. The molecule has 1 unspecified atom stereocenters. The Morgan fingerprint density at radius 2 is 2.28 bits per heavy atom. The Morgan fingerprint density at radius 3 is 2.94 bits per heavy atom. The quantitative estimate of drug-likeness (QED) is 0.849. The average molecular weight is 249 g/mol. The molecule has 2 N–H and O–H groups in total. The summed E-state index contributed by atoms with van der Waals surface area (Å²) in [5.74, 6) is -0.853. The molecule has 18 heavy (non-hydrogen) atoms. The molecule has 0 aromatic heterocycles. The Labute approximate surface area is 107 Å². The van der Waals surface area contributed by atoms with Gasteiger partial charge < -0.3 is 10.2 Å². The van der Waals surface area contributed by atoms with Gasteiger partial charge in [0.15, 0.2) is 0 Å². The number of hydrogen-bond donors (Lipinski definition) is 2. The predicted octanol–water partition coefficient (Wildman–Crippen LogP) is 1.51. The van der Waals surface area contributed by atoms with Crippen LogP contribution in [0, 0.1) is 0 Å². The number of nitrogens with zero attached hydrogens (tertiary/aromatic N) is 1. The van der Waals surface area contributed by atoms with E-state index >= 15 is 0 Å². The van der Waals surface area contributed by atoms with Gasteiger partial charge in [-0.25, -0.2) is 4.79 Å². The molecule has 1 aromatic rings. The number of aliphatic hydroxyl groups excluding tert-OH is 1. The van der Waals surface area contributed by atoms with Gasteiger partial charge in [0, 0.05) is 19.6 Å². The maximum atomic E-state index is 11.1. The highest BCUT2D eigenvalue weighted by molar-refractivity contribution is 5.89. The minimum absolute atomic E-state index is 0.297. The van der Waals surface area contributed by atoms with E-state index in [4.69, 9.17) is 5.11 Å². The summed E-state index contributed by atoms with van der Waals surface area (Å²) in [6.07, 6.45) is 1.20. The van der Waals surface area contributed by atoms with Gasteiger partial charge in [-0.2, -0.15) is 0 Å². The van der Waals surface area contributed by atoms with Gasteiger partial charge >= 0.3 is 5.97 Å². The molecule has 4 heteroatoms. The molecule has 4 nitrogen and oxygen atoms in total. The lowest BCUT2D eigenvalue weighted by atomic mass is 9.94. The molecular formula is C14H19NO3. The summed E-state index contributed by atoms with van der Waals surface area (Å²) in [6.45, 7) is 4.17. The summed E-state index contributed by atoms with van der Waals surface area (Å²) < 4.78 is 0. The minimum Gasteiger partial charge on any atom is -0.478 e. The van der Waals surface area contributed by atoms with Crippen LogP contribution in [0.3, 0.4) is 0 Å². The van der Waals surface area contributed by atoms with Gasteiger partial charge in [-0.1, -0.05) is 19.1 Å². The number of hydrogen-bond acceptors (Lipinski definition) is 3. The molecular weight excluding hydrogens is 230 g/mol. The first kappa shape index (κ1) is 13.1. The molecule has 0 aliphatic carbocycles. The number of fused-ring (bicyclic) bond motifs is 1. The highest BCUT2D eigenvalue weighted by atomic mass is 16.4. The van der Waals surface area contributed by atoms with Crippen LogP contribution < -0.4 is 0 Å². The smallest absolute Gasteiger partial charge is 0.335 e. The van der Waals surface area contributed by atoms with E-state index in [1.54, 1.807) is 12.1 Å². The van der Waals surface area contributed by atoms with Crippen molar-refractivity contribution >= 4 is 5.97 Å². The van der Waals surface area contributed by atoms with Crippen LogP contribution in [0.1, 0.15) is 34.8 Å². The lowest BCUT2D eigenvalue weighted by molar-refractivity contribution is 0.0692. The largest absolute Gasteiger partial charge is 0.478 e. The Hall–Kier alpha value is -1.39. The fourth-order valence-corrected chi connectivity index (χ4v) is 2.45. The highest BCUT2D eigenvalue weighted by Gasteiger charge is 2.22. The van der Waals surface area contributed by atoms with E-state index in [1.807, 2.05) is 13.0 Å². The average Bonchev–Trinajstić information content (AvgIpc) is 2.37. The third kappa shape index (κ3) is 2.71. The van der Waals surface area contributed by atoms with E-state index in [1.165, 1.54) is 0 Å². The van der Waals surface area contributed by atoms with E-state index < -0.39 is 5.97 Å². The number of aliphatic hydroxyl groups is 1. The molecule has 0 fully saturated rings. The molecule has 1 aliphatic rings. The van der Waals surface area contributed by atoms with Crippen molar-refractivity contribution in [3.05, 3.63) is 34.9 Å². The first-order chi connectivity index (χ1) is 8.61. The van der Waals surface area contributed by atoms with Crippen molar-refractivity contribution in [1.29, 1.82) is 0 Å². The van der Waals surface area contributed by atoms with Gasteiger partial charge in [-0.3, -0.25) is 4.90 Å². The zero-order valence-corrected chi connectivity index (χ0v) is 10.6. The van der Waals surface area contributed by atoms with Gasteiger partial charge in [-0.05, 0) is 30.0 Å². The van der Waals surface area contributed by atoms with E-state index in [-0.39, 0.29) is 6.10 Å². The molecule has 0 bridgehead atoms. The first-order valence-electron chi connectivity index (χ1n) is 6.36. The molecule has 0 saturated carbocycles. The number of carboxylic acid groups (broad SMARTS) is 1. The second kappa shape index (κ2) is 5.50. The van der Waals surface area contributed by atoms with E-state index in [2.05, 4.69) is 4.90 Å². The highest BCUT2D eigenvalue weighted by Crippen LogP contribution is 2.22. The van der Waals surface area contributed by atoms with Gasteiger partial charge in [0.1, 0.15) is 0 Å². The Balaban J connectivity index is 2.15. The number of aromatic carboxylic acids is 1. The van der Waals surface area contributed by atoms with Crippen molar-refractivity contribution in [3.8, 4) is 0 Å². The van der Waals surface area contributed by atoms with Crippen molar-refractivity contribution < 1.29 is 15.0 Å². The van der Waals surface area contributed by atoms with E-state index in [9.17, 15) is 9.90 Å². The fourth-order valence-electron chi connectivity index (χ4n) is 2.45. The molecule has 1 heterocycles. The van der Waals surface area contributed by atoms with Gasteiger partial charge in [0.25, 0.3) is 0 Å². The molecule has 1 aliphatic heterocycles. The van der Waals surface area contributed by atoms with Gasteiger partial charge in [0.2, 0.25) is 0 Å². The maximum Gasteiger partial charge on any atom is 0.335 e. The van der Waals surface area contributed by atoms with Crippen LogP contribution in [-0.4, -0.2) is 40.3 Å². The normalized spacial score (nSPS) is 17.2. The summed E-state index contributed by atoms with van der Waals surface area (Å²) >= 11 is 0. The summed E-state index contributed by atoms with van der Waals surface area (Å²) in [5, 5.41) is 18.8. The minimum atomic E-state index is -0.853. The summed E-state index contributed by atoms with van der Waals surface area (Å²) in [6, 6.07) is 5.44. The molecule has 0 saturated heterocycles. The molecule has 0 radical (unpaired) electrons. The number of rotatable bonds is 4. The Bertz CT molecular complexity index is 445. The molecule has 1 aromatic carbocycles. The second-order valence-electron chi connectivity index (χ2n) is 4.80. The number of carbonyl (C=O) groups is 1. The molecule has 1 atom stereocenters. The van der Waals surface area contributed by atoms with Crippen LogP contribution in [0.5, 0.6) is 0 Å². The number of benzene rings is 1. The van der Waals surface area contributed by atoms with E-state index in [0.29, 0.717) is 12.1 Å². The van der Waals surface area contributed by atoms with Gasteiger partial charge in [-0.15, -0.1) is 0 Å². The lowest BCUT2D eigenvalue weighted by Crippen LogP contribution is -2.37. The Morgan fingerprint density at radius 1 is 1.50 bits per heavy atom. The third-order valence-corrected chi connectivity index (χ3v) is 3.52. The third-order valence-electron chi connectivity index (χ3n) is 3.52. The number of β-amino-alcohol motifs (C(OH)–C–C–N with tert-alkyl or cyclic N) is 1. The summed E-state index contributed by atoms with van der Waals surface area (Å²) in [4.78, 5) is 13.3. The predicted molar refractivity (Wildman–Crippen MR) is 68.7 cm³/mol. The molecule has 0 spiro atoms. The van der Waals surface area contributed by atoms with Crippen molar-refractivity contribution in [2.75, 3.05) is 13.1 Å². The number of carboxylic acids is 1. The van der Waals surface area contributed by atoms with Crippen LogP contribution in [-0.2, 0) is 13.0 Å². The van der Waals surface area contributed by atoms with E-state index in [0.717, 1.165) is 37.1 Å². The molecule has 2 rings (SSSR count).